The first-order chi connectivity index (χ1) is 36.2. The maximum Gasteiger partial charge on any atom is 0.188 e. The number of allylic oxidation sites excluding steroid dienone is 2. The fraction of sp³-hybridized carbons (Fsp3) is 0.667. The SMILES string of the molecule is CCCCC[C@H](C)[C@@H]1C[C@@H]2C=C[C@H]1C[C@@H](O)C[C@@]1(CCC[C@@H]1CCOC)CN=C(N)NCC[C@@H]1[C@H](CO)CCC[C@@H]1Oc1cc(ccc1O)[C@@H]1Oc3cc(OC)c4c(c3C[C@H]1O)[C@@H]2Cc1cc(O)c(CC(C)C)cc1-4. The van der Waals surface area contributed by atoms with Crippen LogP contribution in [0, 0.1) is 52.8 Å². The van der Waals surface area contributed by atoms with Crippen molar-refractivity contribution in [3.8, 4) is 39.9 Å². The molecule has 9 aliphatic rings. The van der Waals surface area contributed by atoms with E-state index in [1.54, 1.807) is 20.3 Å². The third-order valence-corrected chi connectivity index (χ3v) is 19.1. The highest BCUT2D eigenvalue weighted by molar-refractivity contribution is 5.84. The lowest BCUT2D eigenvalue weighted by atomic mass is 9.62. The molecule has 12 nitrogen and oxygen atoms in total. The molecule has 0 amide bonds. The van der Waals surface area contributed by atoms with Gasteiger partial charge in [-0.3, -0.25) is 4.99 Å². The molecule has 1 spiro atoms. The lowest BCUT2D eigenvalue weighted by molar-refractivity contribution is 0.0166. The van der Waals surface area contributed by atoms with E-state index < -0.39 is 18.3 Å². The minimum absolute atomic E-state index is 0.00706. The molecule has 0 aromatic heterocycles. The summed E-state index contributed by atoms with van der Waals surface area (Å²) in [6.07, 6.45) is 18.4. The van der Waals surface area contributed by atoms with Gasteiger partial charge in [-0.25, -0.2) is 0 Å². The number of phenolic OH excluding ortho intramolecular Hbond substituents is 2. The van der Waals surface area contributed by atoms with Crippen molar-refractivity contribution < 1.29 is 44.5 Å². The molecule has 3 aromatic rings. The predicted octanol–water partition coefficient (Wildman–Crippen LogP) is 11.1. The molecule has 8 N–H and O–H groups in total. The maximum atomic E-state index is 12.5. The predicted molar refractivity (Wildman–Crippen MR) is 297 cm³/mol. The van der Waals surface area contributed by atoms with Crippen molar-refractivity contribution in [2.24, 2.45) is 63.5 Å². The Morgan fingerprint density at radius 2 is 1.73 bits per heavy atom. The molecule has 12 heteroatoms. The highest BCUT2D eigenvalue weighted by atomic mass is 16.5. The van der Waals surface area contributed by atoms with Gasteiger partial charge in [-0.05, 0) is 182 Å². The Bertz CT molecular complexity index is 2470. The Morgan fingerprint density at radius 3 is 2.51 bits per heavy atom. The number of ether oxygens (including phenoxy) is 4. The van der Waals surface area contributed by atoms with Crippen LogP contribution < -0.4 is 25.3 Å². The van der Waals surface area contributed by atoms with Gasteiger partial charge in [0.25, 0.3) is 0 Å². The van der Waals surface area contributed by atoms with E-state index >= 15 is 0 Å². The number of guanidine groups is 1. The first-order valence-corrected chi connectivity index (χ1v) is 29.2. The molecule has 0 saturated heterocycles. The van der Waals surface area contributed by atoms with Crippen molar-refractivity contribution in [3.05, 3.63) is 76.4 Å². The third kappa shape index (κ3) is 12.0. The molecular weight excluding hydrogens is 943 g/mol. The first kappa shape index (κ1) is 55.3. The third-order valence-electron chi connectivity index (χ3n) is 19.1. The Kier molecular flexibility index (Phi) is 18.0. The van der Waals surface area contributed by atoms with E-state index in [9.17, 15) is 25.5 Å². The number of aliphatic hydroxyl groups is 3. The van der Waals surface area contributed by atoms with Gasteiger partial charge in [0.2, 0.25) is 0 Å². The molecule has 13 atom stereocenters. The molecule has 5 aliphatic heterocycles. The molecule has 75 heavy (non-hydrogen) atoms. The summed E-state index contributed by atoms with van der Waals surface area (Å²) in [7, 11) is 3.49. The monoisotopic (exact) mass is 1030 g/mol. The summed E-state index contributed by atoms with van der Waals surface area (Å²) >= 11 is 0. The molecule has 8 bridgehead atoms. The second-order valence-corrected chi connectivity index (χ2v) is 24.5. The van der Waals surface area contributed by atoms with E-state index in [0.29, 0.717) is 110 Å². The number of aromatic hydroxyl groups is 2. The van der Waals surface area contributed by atoms with Crippen molar-refractivity contribution in [1.29, 1.82) is 0 Å². The van der Waals surface area contributed by atoms with Gasteiger partial charge in [0.1, 0.15) is 29.5 Å². The van der Waals surface area contributed by atoms with Crippen molar-refractivity contribution in [1.82, 2.24) is 5.32 Å². The van der Waals surface area contributed by atoms with Gasteiger partial charge in [0, 0.05) is 62.9 Å². The quantitative estimate of drug-likeness (QED) is 0.0676. The fourth-order valence-electron chi connectivity index (χ4n) is 15.3. The summed E-state index contributed by atoms with van der Waals surface area (Å²) < 4.78 is 25.9. The zero-order chi connectivity index (χ0) is 53.0. The number of rotatable bonds is 12. The molecule has 2 fully saturated rings. The second-order valence-electron chi connectivity index (χ2n) is 24.5. The maximum absolute atomic E-state index is 12.5. The number of benzene rings is 3. The number of nitrogens with two attached hydrogens (primary N) is 1. The van der Waals surface area contributed by atoms with Crippen LogP contribution >= 0.6 is 0 Å². The molecular formula is C63H91N3O9. The van der Waals surface area contributed by atoms with Crippen LogP contribution in [0.4, 0.5) is 0 Å². The lowest BCUT2D eigenvalue weighted by Crippen LogP contribution is -2.42. The first-order valence-electron chi connectivity index (χ1n) is 29.2. The van der Waals surface area contributed by atoms with Crippen LogP contribution in [0.5, 0.6) is 28.7 Å². The number of nitrogens with one attached hydrogen (secondary N) is 1. The topological polar surface area (TPSA) is 188 Å². The van der Waals surface area contributed by atoms with E-state index in [4.69, 9.17) is 29.7 Å². The van der Waals surface area contributed by atoms with Crippen LogP contribution in [0.25, 0.3) is 11.1 Å². The smallest absolute Gasteiger partial charge is 0.188 e. The number of hydrogen-bond acceptors (Lipinski definition) is 12. The number of nitrogens with zero attached hydrogens (tertiary/aromatic N) is 1. The minimum Gasteiger partial charge on any atom is -0.508 e. The van der Waals surface area contributed by atoms with Crippen LogP contribution in [-0.2, 0) is 24.0 Å². The normalized spacial score (nSPS) is 31.2. The summed E-state index contributed by atoms with van der Waals surface area (Å²) in [6.45, 7) is 10.8. The Balaban J connectivity index is 1.17. The van der Waals surface area contributed by atoms with Crippen molar-refractivity contribution in [3.63, 3.8) is 0 Å². The van der Waals surface area contributed by atoms with E-state index in [0.717, 1.165) is 104 Å². The number of unbranched alkanes of at least 4 members (excludes halogenated alkanes) is 2. The lowest BCUT2D eigenvalue weighted by Gasteiger charge is -2.44. The standard InChI is InChI=1S/C63H91N3O9/c1-7-8-9-12-38(4)48-27-40-17-16-39(48)26-46(68)34-63(22-11-14-45(63)21-24-72-5)36-66-62(64)65-23-20-47-42(35-67)13-10-15-55(47)74-57-31-41(18-19-52(57)69)61-54(71)32-51-56(75-61)33-58(73-6)60-50-29-44(25-37(2)3)53(70)30-43(50)28-49(40)59(51)60/h16-19,29-31,33,37-40,42,45-49,54-55,61,67-71H,7-15,20-28,32,34-36H2,1-6H3,(H3,64,65,66)/t38-,39-,40-,42-,45+,46+,47+,48-,49+,54+,55-,61-,63-/m0/s1. The van der Waals surface area contributed by atoms with Gasteiger partial charge < -0.3 is 55.5 Å². The van der Waals surface area contributed by atoms with E-state index in [1.165, 1.54) is 12.8 Å². The summed E-state index contributed by atoms with van der Waals surface area (Å²) in [5.74, 6) is 4.17. The molecule has 0 unspecified atom stereocenters. The van der Waals surface area contributed by atoms with Crippen molar-refractivity contribution in [2.75, 3.05) is 40.5 Å². The van der Waals surface area contributed by atoms with Crippen LogP contribution in [0.2, 0.25) is 0 Å². The Hall–Kier alpha value is -4.49. The number of methoxy groups -OCH3 is 2. The minimum atomic E-state index is -0.917. The molecule has 4 aliphatic carbocycles. The van der Waals surface area contributed by atoms with E-state index in [2.05, 4.69) is 51.2 Å². The Morgan fingerprint density at radius 1 is 0.907 bits per heavy atom. The van der Waals surface area contributed by atoms with Gasteiger partial charge >= 0.3 is 0 Å². The van der Waals surface area contributed by atoms with Gasteiger partial charge in [0.05, 0.1) is 19.3 Å². The van der Waals surface area contributed by atoms with Crippen LogP contribution in [0.15, 0.2) is 53.5 Å². The van der Waals surface area contributed by atoms with E-state index in [-0.39, 0.29) is 53.5 Å². The highest BCUT2D eigenvalue weighted by Gasteiger charge is 2.46. The van der Waals surface area contributed by atoms with Crippen LogP contribution in [-0.4, -0.2) is 90.3 Å². The molecule has 12 rings (SSSR count). The fourth-order valence-corrected chi connectivity index (χ4v) is 15.3. The average Bonchev–Trinajstić information content (AvgIpc) is 3.80. The summed E-state index contributed by atoms with van der Waals surface area (Å²) in [5, 5.41) is 62.1. The summed E-state index contributed by atoms with van der Waals surface area (Å²) in [6, 6.07) is 11.4. The molecule has 0 radical (unpaired) electrons. The number of aliphatic imine (C=N–C) groups is 1. The number of hydrogen-bond donors (Lipinski definition) is 7. The van der Waals surface area contributed by atoms with Crippen molar-refractivity contribution in [2.45, 2.75) is 174 Å². The zero-order valence-electron chi connectivity index (χ0n) is 46.1. The van der Waals surface area contributed by atoms with Gasteiger partial charge in [-0.1, -0.05) is 78.0 Å². The Labute approximate surface area is 447 Å². The highest BCUT2D eigenvalue weighted by Crippen LogP contribution is 2.57. The number of fused-ring (bicyclic) bond motifs is 2. The van der Waals surface area contributed by atoms with Crippen LogP contribution in [0.3, 0.4) is 0 Å². The number of aliphatic hydroxyl groups excluding tert-OH is 3. The van der Waals surface area contributed by atoms with Gasteiger partial charge in [-0.15, -0.1) is 0 Å². The summed E-state index contributed by atoms with van der Waals surface area (Å²) in [4.78, 5) is 5.07. The summed E-state index contributed by atoms with van der Waals surface area (Å²) in [5.41, 5.74) is 13.4. The average molecular weight is 1030 g/mol. The van der Waals surface area contributed by atoms with Gasteiger partial charge in [0.15, 0.2) is 17.5 Å². The zero-order valence-corrected chi connectivity index (χ0v) is 46.1. The molecule has 412 valence electrons. The van der Waals surface area contributed by atoms with Gasteiger partial charge in [-0.2, -0.15) is 0 Å². The molecule has 5 heterocycles. The largest absolute Gasteiger partial charge is 0.508 e. The second kappa shape index (κ2) is 24.5. The van der Waals surface area contributed by atoms with Crippen molar-refractivity contribution >= 4 is 5.96 Å². The molecule has 2 saturated carbocycles. The molecule has 3 aromatic carbocycles. The van der Waals surface area contributed by atoms with Crippen LogP contribution in [0.1, 0.15) is 164 Å². The van der Waals surface area contributed by atoms with E-state index in [1.807, 2.05) is 24.3 Å². The number of phenols is 2.